The molecule has 5 heteroatoms. The van der Waals surface area contributed by atoms with Gasteiger partial charge in [-0.2, -0.15) is 8.42 Å². The Morgan fingerprint density at radius 1 is 0.548 bits per heavy atom. The molecule has 0 saturated carbocycles. The van der Waals surface area contributed by atoms with Crippen molar-refractivity contribution >= 4 is 20.4 Å². The van der Waals surface area contributed by atoms with Crippen LogP contribution in [0.1, 0.15) is 12.5 Å². The molecular weight excluding hydrogens is 424 g/mol. The zero-order valence-electron chi connectivity index (χ0n) is 17.2. The fourth-order valence-corrected chi connectivity index (χ4v) is 8.67. The van der Waals surface area contributed by atoms with E-state index in [4.69, 9.17) is 3.63 Å². The van der Waals surface area contributed by atoms with Crippen LogP contribution in [0.15, 0.2) is 135 Å². The van der Waals surface area contributed by atoms with E-state index in [1.165, 1.54) is 5.56 Å². The lowest BCUT2D eigenvalue weighted by Crippen LogP contribution is -2.14. The van der Waals surface area contributed by atoms with Crippen molar-refractivity contribution in [2.75, 3.05) is 0 Å². The van der Waals surface area contributed by atoms with Crippen LogP contribution in [-0.4, -0.2) is 8.42 Å². The van der Waals surface area contributed by atoms with Gasteiger partial charge in [0.25, 0.3) is 0 Å². The molecule has 158 valence electrons. The van der Waals surface area contributed by atoms with Gasteiger partial charge in [0.1, 0.15) is 0 Å². The summed E-state index contributed by atoms with van der Waals surface area (Å²) in [7, 11) is -6.59. The predicted octanol–water partition coefficient (Wildman–Crippen LogP) is 6.85. The fourth-order valence-electron chi connectivity index (χ4n) is 3.43. The Balaban J connectivity index is 2.00. The largest absolute Gasteiger partial charge is 0.307 e. The summed E-state index contributed by atoms with van der Waals surface area (Å²) in [6.45, 7) is 2.10. The second-order valence-electron chi connectivity index (χ2n) is 7.02. The Bertz CT molecular complexity index is 1180. The van der Waals surface area contributed by atoms with Crippen LogP contribution in [0.2, 0.25) is 0 Å². The maximum absolute atomic E-state index is 13.5. The van der Waals surface area contributed by atoms with E-state index in [1.54, 1.807) is 30.3 Å². The van der Waals surface area contributed by atoms with Gasteiger partial charge in [-0.3, -0.25) is 0 Å². The number of benzene rings is 4. The van der Waals surface area contributed by atoms with Gasteiger partial charge >= 0.3 is 10.1 Å². The number of hydrogen-bond acceptors (Lipinski definition) is 3. The van der Waals surface area contributed by atoms with Gasteiger partial charge in [-0.25, -0.2) is 3.63 Å². The molecule has 0 radical (unpaired) electrons. The van der Waals surface area contributed by atoms with Crippen LogP contribution in [0.4, 0.5) is 0 Å². The summed E-state index contributed by atoms with van der Waals surface area (Å²) in [5, 5.41) is 0. The van der Waals surface area contributed by atoms with Crippen molar-refractivity contribution in [2.24, 2.45) is 0 Å². The van der Waals surface area contributed by atoms with E-state index in [9.17, 15) is 8.42 Å². The third-order valence-electron chi connectivity index (χ3n) is 5.04. The molecule has 0 aliphatic carbocycles. The van der Waals surface area contributed by atoms with Crippen molar-refractivity contribution in [1.29, 1.82) is 0 Å². The van der Waals surface area contributed by atoms with Crippen LogP contribution in [-0.2, 0) is 20.2 Å². The Kier molecular flexibility index (Phi) is 6.28. The van der Waals surface area contributed by atoms with Crippen molar-refractivity contribution < 1.29 is 12.0 Å². The van der Waals surface area contributed by atoms with E-state index in [2.05, 4.69) is 6.92 Å². The molecule has 4 aromatic rings. The minimum atomic E-state index is -4.04. The van der Waals surface area contributed by atoms with Crippen LogP contribution in [0.3, 0.4) is 0 Å². The fraction of sp³-hybridized carbons (Fsp3) is 0.0769. The molecular formula is C26H24O3S2. The molecule has 0 aromatic heterocycles. The van der Waals surface area contributed by atoms with Crippen LogP contribution in [0.5, 0.6) is 0 Å². The molecule has 0 atom stereocenters. The van der Waals surface area contributed by atoms with Gasteiger partial charge in [0.2, 0.25) is 0 Å². The Hall–Kier alpha value is -2.86. The highest BCUT2D eigenvalue weighted by atomic mass is 32.3. The molecule has 0 aliphatic heterocycles. The van der Waals surface area contributed by atoms with Crippen molar-refractivity contribution in [1.82, 2.24) is 0 Å². The van der Waals surface area contributed by atoms with Crippen molar-refractivity contribution in [3.05, 3.63) is 121 Å². The smallest absolute Gasteiger partial charge is 0.203 e. The van der Waals surface area contributed by atoms with E-state index in [-0.39, 0.29) is 4.90 Å². The zero-order chi connectivity index (χ0) is 21.7. The molecule has 0 N–H and O–H groups in total. The lowest BCUT2D eigenvalue weighted by Gasteiger charge is -2.39. The molecule has 4 rings (SSSR count). The first-order valence-electron chi connectivity index (χ1n) is 10.1. The molecule has 0 unspecified atom stereocenters. The van der Waals surface area contributed by atoms with Gasteiger partial charge in [0.05, 0.1) is 4.90 Å². The summed E-state index contributed by atoms with van der Waals surface area (Å²) < 4.78 is 33.3. The summed E-state index contributed by atoms with van der Waals surface area (Å²) >= 11 is 0. The highest BCUT2D eigenvalue weighted by molar-refractivity contribution is 8.33. The first-order chi connectivity index (χ1) is 15.1. The SMILES string of the molecule is CCc1ccc(S(OS(=O)(=O)c2ccccc2)(c2ccccc2)c2ccccc2)cc1. The van der Waals surface area contributed by atoms with Crippen LogP contribution in [0.25, 0.3) is 0 Å². The van der Waals surface area contributed by atoms with Crippen LogP contribution in [0, 0.1) is 0 Å². The molecule has 0 saturated heterocycles. The van der Waals surface area contributed by atoms with E-state index in [1.807, 2.05) is 84.9 Å². The molecule has 0 aliphatic rings. The first-order valence-corrected chi connectivity index (χ1v) is 13.1. The topological polar surface area (TPSA) is 43.4 Å². The molecule has 31 heavy (non-hydrogen) atoms. The minimum absolute atomic E-state index is 0.143. The van der Waals surface area contributed by atoms with E-state index < -0.39 is 20.4 Å². The van der Waals surface area contributed by atoms with Gasteiger partial charge in [-0.15, -0.1) is 0 Å². The Morgan fingerprint density at radius 2 is 0.935 bits per heavy atom. The Labute approximate surface area is 186 Å². The first kappa shape index (κ1) is 21.4. The number of aryl methyl sites for hydroxylation is 1. The average Bonchev–Trinajstić information content (AvgIpc) is 2.84. The van der Waals surface area contributed by atoms with Gasteiger partial charge in [-0.05, 0) is 70.8 Å². The highest BCUT2D eigenvalue weighted by Crippen LogP contribution is 2.70. The van der Waals surface area contributed by atoms with E-state index in [0.29, 0.717) is 0 Å². The minimum Gasteiger partial charge on any atom is -0.203 e. The monoisotopic (exact) mass is 448 g/mol. The molecule has 4 aromatic carbocycles. The van der Waals surface area contributed by atoms with Crippen molar-refractivity contribution in [3.8, 4) is 0 Å². The summed E-state index contributed by atoms with van der Waals surface area (Å²) in [6.07, 6.45) is 0.905. The maximum atomic E-state index is 13.5. The summed E-state index contributed by atoms with van der Waals surface area (Å²) in [5.74, 6) is 0. The van der Waals surface area contributed by atoms with Crippen molar-refractivity contribution in [2.45, 2.75) is 32.9 Å². The maximum Gasteiger partial charge on any atom is 0.307 e. The molecule has 3 nitrogen and oxygen atoms in total. The standard InChI is InChI=1S/C26H24O3S2/c1-2-22-18-20-25(21-19-22)30(23-12-6-3-7-13-23,24-14-8-4-9-15-24)29-31(27,28)26-16-10-5-11-17-26/h3-21H,2H2,1H3. The molecule has 0 bridgehead atoms. The second-order valence-corrected chi connectivity index (χ2v) is 11.5. The summed E-state index contributed by atoms with van der Waals surface area (Å²) in [5.41, 5.74) is 1.18. The van der Waals surface area contributed by atoms with Gasteiger partial charge in [-0.1, -0.05) is 73.7 Å². The third kappa shape index (κ3) is 4.30. The summed E-state index contributed by atoms with van der Waals surface area (Å²) in [4.78, 5) is 2.63. The number of hydrogen-bond donors (Lipinski definition) is 0. The lowest BCUT2D eigenvalue weighted by molar-refractivity contribution is 0.508. The van der Waals surface area contributed by atoms with Gasteiger partial charge < -0.3 is 0 Å². The lowest BCUT2D eigenvalue weighted by atomic mass is 10.2. The zero-order valence-corrected chi connectivity index (χ0v) is 18.9. The molecule has 0 fully saturated rings. The normalized spacial score (nSPS) is 12.4. The number of rotatable bonds is 7. The van der Waals surface area contributed by atoms with E-state index >= 15 is 0 Å². The quantitative estimate of drug-likeness (QED) is 0.310. The third-order valence-corrected chi connectivity index (χ3v) is 10.2. The van der Waals surface area contributed by atoms with Crippen LogP contribution >= 0.6 is 10.3 Å². The molecule has 0 spiro atoms. The van der Waals surface area contributed by atoms with Gasteiger partial charge in [0.15, 0.2) is 0 Å². The Morgan fingerprint density at radius 3 is 1.35 bits per heavy atom. The van der Waals surface area contributed by atoms with E-state index in [0.717, 1.165) is 21.1 Å². The average molecular weight is 449 g/mol. The molecule has 0 heterocycles. The predicted molar refractivity (Wildman–Crippen MR) is 126 cm³/mol. The van der Waals surface area contributed by atoms with Crippen molar-refractivity contribution in [3.63, 3.8) is 0 Å². The molecule has 0 amide bonds. The van der Waals surface area contributed by atoms with Gasteiger partial charge in [0, 0.05) is 14.7 Å². The second kappa shape index (κ2) is 9.10. The highest BCUT2D eigenvalue weighted by Gasteiger charge is 2.38. The summed E-state index contributed by atoms with van der Waals surface area (Å²) in [6, 6.07) is 35.7. The van der Waals surface area contributed by atoms with Crippen LogP contribution < -0.4 is 0 Å².